The number of hydrogen-bond donors (Lipinski definition) is 3. The van der Waals surface area contributed by atoms with E-state index in [1.54, 1.807) is 17.9 Å². The predicted octanol–water partition coefficient (Wildman–Crippen LogP) is 2.82. The van der Waals surface area contributed by atoms with Crippen molar-refractivity contribution < 1.29 is 13.2 Å². The highest BCUT2D eigenvalue weighted by atomic mass is 127. The molecule has 2 aromatic heterocycles. The monoisotopic (exact) mass is 548 g/mol. The fraction of sp³-hybridized carbons (Fsp3) is 0.368. The Kier molecular flexibility index (Phi) is 8.83. The van der Waals surface area contributed by atoms with Crippen molar-refractivity contribution >= 4 is 46.8 Å². The highest BCUT2D eigenvalue weighted by Crippen LogP contribution is 2.29. The zero-order chi connectivity index (χ0) is 21.6. The molecule has 0 spiro atoms. The van der Waals surface area contributed by atoms with E-state index in [4.69, 9.17) is 0 Å². The first-order valence-corrected chi connectivity index (χ1v) is 9.35. The average Bonchev–Trinajstić information content (AvgIpc) is 3.11. The second-order valence-electron chi connectivity index (χ2n) is 6.52. The molecule has 3 rings (SSSR count). The van der Waals surface area contributed by atoms with Crippen LogP contribution in [0.5, 0.6) is 0 Å². The third-order valence-corrected chi connectivity index (χ3v) is 4.45. The summed E-state index contributed by atoms with van der Waals surface area (Å²) in [6.07, 6.45) is -0.531. The summed E-state index contributed by atoms with van der Waals surface area (Å²) in [5.41, 5.74) is 0.925. The summed E-state index contributed by atoms with van der Waals surface area (Å²) < 4.78 is 39.5. The largest absolute Gasteiger partial charge is 0.416 e. The second kappa shape index (κ2) is 11.1. The van der Waals surface area contributed by atoms with Crippen molar-refractivity contribution in [1.29, 1.82) is 0 Å². The minimum atomic E-state index is -4.31. The maximum atomic E-state index is 12.6. The smallest absolute Gasteiger partial charge is 0.368 e. The van der Waals surface area contributed by atoms with Gasteiger partial charge >= 0.3 is 6.18 Å². The van der Waals surface area contributed by atoms with Gasteiger partial charge in [0.1, 0.15) is 12.1 Å². The number of benzene rings is 1. The molecule has 0 amide bonds. The Morgan fingerprint density at radius 2 is 1.77 bits per heavy atom. The summed E-state index contributed by atoms with van der Waals surface area (Å²) in [6, 6.07) is 5.18. The van der Waals surface area contributed by atoms with Crippen LogP contribution in [0.1, 0.15) is 11.1 Å². The van der Waals surface area contributed by atoms with Crippen LogP contribution in [-0.4, -0.2) is 52.4 Å². The van der Waals surface area contributed by atoms with Gasteiger partial charge in [0.05, 0.1) is 17.1 Å². The summed E-state index contributed by atoms with van der Waals surface area (Å²) in [5, 5.41) is 14.6. The Morgan fingerprint density at radius 3 is 2.45 bits per heavy atom. The minimum Gasteiger partial charge on any atom is -0.368 e. The maximum absolute atomic E-state index is 12.6. The molecule has 0 aliphatic carbocycles. The lowest BCUT2D eigenvalue weighted by atomic mass is 10.1. The summed E-state index contributed by atoms with van der Waals surface area (Å²) in [7, 11) is 3.48. The topological polar surface area (TPSA) is 92.1 Å². The molecular formula is C19H24F3IN8. The van der Waals surface area contributed by atoms with Gasteiger partial charge in [-0.15, -0.1) is 24.0 Å². The third-order valence-electron chi connectivity index (χ3n) is 4.45. The first-order valence-electron chi connectivity index (χ1n) is 9.35. The van der Waals surface area contributed by atoms with E-state index >= 15 is 0 Å². The van der Waals surface area contributed by atoms with Gasteiger partial charge in [-0.05, 0) is 24.1 Å². The van der Waals surface area contributed by atoms with Crippen molar-refractivity contribution in [3.05, 3.63) is 47.9 Å². The van der Waals surface area contributed by atoms with E-state index in [1.165, 1.54) is 18.5 Å². The molecule has 3 aromatic rings. The molecule has 0 unspecified atom stereocenters. The van der Waals surface area contributed by atoms with Gasteiger partial charge in [0, 0.05) is 33.7 Å². The molecule has 31 heavy (non-hydrogen) atoms. The van der Waals surface area contributed by atoms with Crippen LogP contribution >= 0.6 is 24.0 Å². The van der Waals surface area contributed by atoms with Gasteiger partial charge < -0.3 is 16.0 Å². The molecule has 0 aliphatic heterocycles. The van der Waals surface area contributed by atoms with E-state index in [0.717, 1.165) is 28.7 Å². The predicted molar refractivity (Wildman–Crippen MR) is 125 cm³/mol. The Bertz CT molecular complexity index is 1000. The lowest BCUT2D eigenvalue weighted by molar-refractivity contribution is -0.137. The van der Waals surface area contributed by atoms with Gasteiger partial charge in [-0.3, -0.25) is 9.67 Å². The maximum Gasteiger partial charge on any atom is 0.416 e. The quantitative estimate of drug-likeness (QED) is 0.182. The van der Waals surface area contributed by atoms with Crippen molar-refractivity contribution in [2.75, 3.05) is 32.0 Å². The zero-order valence-electron chi connectivity index (χ0n) is 17.1. The highest BCUT2D eigenvalue weighted by Gasteiger charge is 2.29. The average molecular weight is 548 g/mol. The van der Waals surface area contributed by atoms with Crippen molar-refractivity contribution in [2.45, 2.75) is 12.6 Å². The van der Waals surface area contributed by atoms with Crippen LogP contribution < -0.4 is 16.0 Å². The molecule has 0 bridgehead atoms. The molecule has 0 fully saturated rings. The molecule has 8 nitrogen and oxygen atoms in total. The zero-order valence-corrected chi connectivity index (χ0v) is 19.4. The molecule has 0 atom stereocenters. The van der Waals surface area contributed by atoms with Crippen molar-refractivity contribution in [3.8, 4) is 0 Å². The number of guanidine groups is 1. The number of hydrogen-bond acceptors (Lipinski definition) is 5. The van der Waals surface area contributed by atoms with E-state index in [2.05, 4.69) is 36.0 Å². The van der Waals surface area contributed by atoms with Crippen LogP contribution in [0.25, 0.3) is 11.0 Å². The van der Waals surface area contributed by atoms with Gasteiger partial charge in [0.25, 0.3) is 0 Å². The van der Waals surface area contributed by atoms with Crippen molar-refractivity contribution in [2.24, 2.45) is 12.0 Å². The van der Waals surface area contributed by atoms with Gasteiger partial charge in [0.2, 0.25) is 0 Å². The molecule has 0 radical (unpaired) electrons. The van der Waals surface area contributed by atoms with Crippen molar-refractivity contribution in [3.63, 3.8) is 0 Å². The SMILES string of the molecule is CN=C(NCCNc1ncnc2c1cnn2C)NCCc1ccc(C(F)(F)F)cc1.I. The summed E-state index contributed by atoms with van der Waals surface area (Å²) >= 11 is 0. The van der Waals surface area contributed by atoms with E-state index in [0.29, 0.717) is 37.8 Å². The van der Waals surface area contributed by atoms with Crippen LogP contribution in [0.4, 0.5) is 19.0 Å². The highest BCUT2D eigenvalue weighted by molar-refractivity contribution is 14.0. The third kappa shape index (κ3) is 6.67. The number of aryl methyl sites for hydroxylation is 1. The van der Waals surface area contributed by atoms with Crippen LogP contribution in [-0.2, 0) is 19.6 Å². The number of anilines is 1. The van der Waals surface area contributed by atoms with Gasteiger partial charge in [-0.1, -0.05) is 12.1 Å². The van der Waals surface area contributed by atoms with Gasteiger partial charge in [0.15, 0.2) is 11.6 Å². The van der Waals surface area contributed by atoms with Crippen LogP contribution in [0.3, 0.4) is 0 Å². The van der Waals surface area contributed by atoms with Crippen LogP contribution in [0.2, 0.25) is 0 Å². The van der Waals surface area contributed by atoms with Crippen LogP contribution in [0.15, 0.2) is 41.8 Å². The molecular weight excluding hydrogens is 524 g/mol. The normalized spacial score (nSPS) is 11.8. The molecule has 3 N–H and O–H groups in total. The number of aliphatic imine (C=N–C) groups is 1. The first-order chi connectivity index (χ1) is 14.4. The Hall–Kier alpha value is -2.64. The number of aromatic nitrogens is 4. The number of nitrogens with one attached hydrogen (secondary N) is 3. The van der Waals surface area contributed by atoms with E-state index in [9.17, 15) is 13.2 Å². The van der Waals surface area contributed by atoms with E-state index < -0.39 is 11.7 Å². The Balaban J connectivity index is 0.00000341. The second-order valence-corrected chi connectivity index (χ2v) is 6.52. The Labute approximate surface area is 194 Å². The van der Waals surface area contributed by atoms with E-state index in [1.807, 2.05) is 7.05 Å². The van der Waals surface area contributed by atoms with Gasteiger partial charge in [-0.25, -0.2) is 9.97 Å². The molecule has 1 aromatic carbocycles. The fourth-order valence-corrected chi connectivity index (χ4v) is 2.87. The van der Waals surface area contributed by atoms with E-state index in [-0.39, 0.29) is 24.0 Å². The molecule has 0 saturated carbocycles. The number of nitrogens with zero attached hydrogens (tertiary/aromatic N) is 5. The minimum absolute atomic E-state index is 0. The number of halogens is 4. The fourth-order valence-electron chi connectivity index (χ4n) is 2.87. The number of rotatable bonds is 7. The first kappa shape index (κ1) is 24.6. The Morgan fingerprint density at radius 1 is 1.06 bits per heavy atom. The molecule has 2 heterocycles. The molecule has 168 valence electrons. The van der Waals surface area contributed by atoms with Gasteiger partial charge in [-0.2, -0.15) is 18.3 Å². The number of alkyl halides is 3. The molecule has 0 aliphatic rings. The van der Waals surface area contributed by atoms with Crippen LogP contribution in [0, 0.1) is 0 Å². The molecule has 12 heteroatoms. The van der Waals surface area contributed by atoms with Crippen molar-refractivity contribution in [1.82, 2.24) is 30.4 Å². The summed E-state index contributed by atoms with van der Waals surface area (Å²) in [6.45, 7) is 1.73. The lowest BCUT2D eigenvalue weighted by Crippen LogP contribution is -2.40. The lowest BCUT2D eigenvalue weighted by Gasteiger charge is -2.13. The summed E-state index contributed by atoms with van der Waals surface area (Å²) in [4.78, 5) is 12.6. The standard InChI is InChI=1S/C19H23F3N8.HI/c1-23-18(25-8-7-13-3-5-14(6-4-13)19(20,21)22)26-10-9-24-16-15-11-29-30(2)17(15)28-12-27-16;/h3-6,11-12H,7-10H2,1-2H3,(H2,23,25,26)(H,24,27,28);1H. The summed E-state index contributed by atoms with van der Waals surface area (Å²) in [5.74, 6) is 1.32. The molecule has 0 saturated heterocycles. The number of fused-ring (bicyclic) bond motifs is 1.